The number of carbonyl (C=O) groups excluding carboxylic acids is 1. The average molecular weight is 327 g/mol. The number of rotatable bonds is 5. The number of carbonyl (C=O) groups is 1. The molecule has 1 aliphatic rings. The van der Waals surface area contributed by atoms with Crippen LogP contribution in [0.1, 0.15) is 26.7 Å². The van der Waals surface area contributed by atoms with E-state index in [9.17, 15) is 4.79 Å². The van der Waals surface area contributed by atoms with Crippen LogP contribution < -0.4 is 10.6 Å². The van der Waals surface area contributed by atoms with Crippen molar-refractivity contribution in [3.8, 4) is 0 Å². The number of hydrogen-bond donors (Lipinski definition) is 1. The van der Waals surface area contributed by atoms with Crippen LogP contribution in [0.25, 0.3) is 0 Å². The highest BCUT2D eigenvalue weighted by atomic mass is 35.5. The molecule has 1 unspecified atom stereocenters. The Hall–Kier alpha value is -1.33. The van der Waals surface area contributed by atoms with Gasteiger partial charge in [0.1, 0.15) is 5.82 Å². The van der Waals surface area contributed by atoms with Gasteiger partial charge in [-0.15, -0.1) is 12.4 Å². The molecule has 0 aliphatic carbocycles. The highest BCUT2D eigenvalue weighted by molar-refractivity contribution is 5.85. The second-order valence-electron chi connectivity index (χ2n) is 5.78. The molecular weight excluding hydrogens is 300 g/mol. The van der Waals surface area contributed by atoms with Crippen molar-refractivity contribution in [2.45, 2.75) is 32.7 Å². The maximum atomic E-state index is 12.0. The number of aromatic nitrogens is 1. The van der Waals surface area contributed by atoms with E-state index in [2.05, 4.69) is 16.0 Å². The lowest BCUT2D eigenvalue weighted by Crippen LogP contribution is -2.46. The second kappa shape index (κ2) is 8.96. The van der Waals surface area contributed by atoms with E-state index in [-0.39, 0.29) is 18.3 Å². The zero-order valence-corrected chi connectivity index (χ0v) is 14.3. The molecule has 1 aromatic heterocycles. The summed E-state index contributed by atoms with van der Waals surface area (Å²) in [6.45, 7) is 7.35. The first-order valence-electron chi connectivity index (χ1n) is 7.82. The highest BCUT2D eigenvalue weighted by Gasteiger charge is 2.24. The van der Waals surface area contributed by atoms with E-state index in [1.165, 1.54) is 0 Å². The van der Waals surface area contributed by atoms with Gasteiger partial charge >= 0.3 is 0 Å². The molecule has 124 valence electrons. The lowest BCUT2D eigenvalue weighted by atomic mass is 9.96. The van der Waals surface area contributed by atoms with E-state index >= 15 is 0 Å². The van der Waals surface area contributed by atoms with Crippen molar-refractivity contribution in [2.75, 3.05) is 31.1 Å². The number of amides is 1. The molecular formula is C16H27ClN4O. The van der Waals surface area contributed by atoms with Crippen LogP contribution in [0.2, 0.25) is 0 Å². The van der Waals surface area contributed by atoms with E-state index < -0.39 is 6.04 Å². The minimum atomic E-state index is -0.404. The molecule has 0 aromatic carbocycles. The zero-order chi connectivity index (χ0) is 15.2. The largest absolute Gasteiger partial charge is 0.357 e. The third-order valence-corrected chi connectivity index (χ3v) is 4.15. The van der Waals surface area contributed by atoms with Crippen molar-refractivity contribution in [2.24, 2.45) is 11.7 Å². The Bertz CT molecular complexity index is 447. The molecule has 2 heterocycles. The quantitative estimate of drug-likeness (QED) is 0.898. The molecule has 1 aromatic rings. The van der Waals surface area contributed by atoms with Gasteiger partial charge in [0.05, 0.1) is 6.04 Å². The fourth-order valence-electron chi connectivity index (χ4n) is 2.86. The van der Waals surface area contributed by atoms with Crippen LogP contribution in [0, 0.1) is 5.92 Å². The second-order valence-corrected chi connectivity index (χ2v) is 5.78. The normalized spacial score (nSPS) is 16.8. The third kappa shape index (κ3) is 4.85. The number of hydrogen-bond acceptors (Lipinski definition) is 4. The van der Waals surface area contributed by atoms with Crippen molar-refractivity contribution in [3.05, 3.63) is 24.4 Å². The van der Waals surface area contributed by atoms with E-state index in [1.54, 1.807) is 6.92 Å². The van der Waals surface area contributed by atoms with Gasteiger partial charge < -0.3 is 15.5 Å². The Morgan fingerprint density at radius 1 is 1.45 bits per heavy atom. The number of likely N-dealkylation sites (N-methyl/N-ethyl adjacent to an activating group) is 1. The number of nitrogens with zero attached hydrogens (tertiary/aromatic N) is 3. The molecule has 1 saturated heterocycles. The van der Waals surface area contributed by atoms with Gasteiger partial charge in [-0.05, 0) is 44.7 Å². The van der Waals surface area contributed by atoms with E-state index in [1.807, 2.05) is 30.2 Å². The number of halogens is 1. The van der Waals surface area contributed by atoms with Crippen molar-refractivity contribution < 1.29 is 4.79 Å². The minimum Gasteiger partial charge on any atom is -0.357 e. The summed E-state index contributed by atoms with van der Waals surface area (Å²) in [6, 6.07) is 5.61. The first-order chi connectivity index (χ1) is 10.1. The summed E-state index contributed by atoms with van der Waals surface area (Å²) in [4.78, 5) is 20.6. The van der Waals surface area contributed by atoms with Gasteiger partial charge in [0.2, 0.25) is 5.91 Å². The highest BCUT2D eigenvalue weighted by Crippen LogP contribution is 2.22. The molecule has 2 N–H and O–H groups in total. The van der Waals surface area contributed by atoms with Gasteiger partial charge in [-0.1, -0.05) is 6.07 Å². The van der Waals surface area contributed by atoms with Gasteiger partial charge in [0.25, 0.3) is 0 Å². The van der Waals surface area contributed by atoms with Crippen LogP contribution in [0.15, 0.2) is 24.4 Å². The molecule has 0 spiro atoms. The Morgan fingerprint density at radius 2 is 2.14 bits per heavy atom. The molecule has 1 amide bonds. The molecule has 2 rings (SSSR count). The lowest BCUT2D eigenvalue weighted by Gasteiger charge is -2.35. The first kappa shape index (κ1) is 18.7. The molecule has 0 bridgehead atoms. The predicted octanol–water partition coefficient (Wildman–Crippen LogP) is 1.92. The molecule has 0 radical (unpaired) electrons. The standard InChI is InChI=1S/C16H26N4O.ClH/c1-3-19(16(21)13(2)17)12-14-7-10-20(11-8-14)15-6-4-5-9-18-15;/h4-6,9,13-14H,3,7-8,10-12,17H2,1-2H3;1H. The van der Waals surface area contributed by atoms with E-state index in [4.69, 9.17) is 5.73 Å². The topological polar surface area (TPSA) is 62.5 Å². The number of anilines is 1. The maximum absolute atomic E-state index is 12.0. The molecule has 1 aliphatic heterocycles. The number of pyridine rings is 1. The van der Waals surface area contributed by atoms with Crippen molar-refractivity contribution >= 4 is 24.1 Å². The predicted molar refractivity (Wildman–Crippen MR) is 92.3 cm³/mol. The third-order valence-electron chi connectivity index (χ3n) is 4.15. The summed E-state index contributed by atoms with van der Waals surface area (Å²) in [7, 11) is 0. The minimum absolute atomic E-state index is 0. The van der Waals surface area contributed by atoms with Crippen LogP contribution in [0.5, 0.6) is 0 Å². The molecule has 0 saturated carbocycles. The van der Waals surface area contributed by atoms with Crippen molar-refractivity contribution in [1.29, 1.82) is 0 Å². The van der Waals surface area contributed by atoms with Gasteiger partial charge in [-0.25, -0.2) is 4.98 Å². The van der Waals surface area contributed by atoms with Crippen LogP contribution in [0.4, 0.5) is 5.82 Å². The average Bonchev–Trinajstić information content (AvgIpc) is 2.53. The van der Waals surface area contributed by atoms with Crippen molar-refractivity contribution in [3.63, 3.8) is 0 Å². The van der Waals surface area contributed by atoms with Crippen molar-refractivity contribution in [1.82, 2.24) is 9.88 Å². The fraction of sp³-hybridized carbons (Fsp3) is 0.625. The SMILES string of the molecule is CCN(CC1CCN(c2ccccn2)CC1)C(=O)C(C)N.Cl. The summed E-state index contributed by atoms with van der Waals surface area (Å²) >= 11 is 0. The van der Waals surface area contributed by atoms with Gasteiger partial charge in [0.15, 0.2) is 0 Å². The smallest absolute Gasteiger partial charge is 0.239 e. The number of piperidine rings is 1. The summed E-state index contributed by atoms with van der Waals surface area (Å²) < 4.78 is 0. The van der Waals surface area contributed by atoms with E-state index in [0.29, 0.717) is 5.92 Å². The summed E-state index contributed by atoms with van der Waals surface area (Å²) in [6.07, 6.45) is 4.03. The Kier molecular flexibility index (Phi) is 7.62. The molecule has 6 heteroatoms. The van der Waals surface area contributed by atoms with E-state index in [0.717, 1.165) is 44.8 Å². The molecule has 22 heavy (non-hydrogen) atoms. The molecule has 1 fully saturated rings. The van der Waals surface area contributed by atoms with Gasteiger partial charge in [0, 0.05) is 32.4 Å². The summed E-state index contributed by atoms with van der Waals surface area (Å²) in [5.74, 6) is 1.67. The fourth-order valence-corrected chi connectivity index (χ4v) is 2.86. The Labute approximate surface area is 139 Å². The Morgan fingerprint density at radius 3 is 2.64 bits per heavy atom. The lowest BCUT2D eigenvalue weighted by molar-refractivity contribution is -0.132. The number of nitrogens with two attached hydrogens (primary N) is 1. The maximum Gasteiger partial charge on any atom is 0.239 e. The summed E-state index contributed by atoms with van der Waals surface area (Å²) in [5, 5.41) is 0. The van der Waals surface area contributed by atoms with Crippen LogP contribution in [0.3, 0.4) is 0 Å². The monoisotopic (exact) mass is 326 g/mol. The van der Waals surface area contributed by atoms with Crippen LogP contribution >= 0.6 is 12.4 Å². The van der Waals surface area contributed by atoms with Crippen LogP contribution in [-0.2, 0) is 4.79 Å². The van der Waals surface area contributed by atoms with Gasteiger partial charge in [-0.2, -0.15) is 0 Å². The zero-order valence-electron chi connectivity index (χ0n) is 13.4. The van der Waals surface area contributed by atoms with Crippen LogP contribution in [-0.4, -0.2) is 48.0 Å². The molecule has 5 nitrogen and oxygen atoms in total. The molecule has 1 atom stereocenters. The first-order valence-corrected chi connectivity index (χ1v) is 7.82. The Balaban J connectivity index is 0.00000242. The summed E-state index contributed by atoms with van der Waals surface area (Å²) in [5.41, 5.74) is 5.71. The van der Waals surface area contributed by atoms with Gasteiger partial charge in [-0.3, -0.25) is 4.79 Å².